The van der Waals surface area contributed by atoms with E-state index in [1.807, 2.05) is 61.5 Å². The van der Waals surface area contributed by atoms with E-state index in [4.69, 9.17) is 11.6 Å². The van der Waals surface area contributed by atoms with E-state index in [1.54, 1.807) is 6.92 Å². The monoisotopic (exact) mass is 409 g/mol. The summed E-state index contributed by atoms with van der Waals surface area (Å²) in [7, 11) is 0. The van der Waals surface area contributed by atoms with Crippen LogP contribution in [-0.2, 0) is 0 Å². The molecule has 3 heteroatoms. The molecule has 2 heterocycles. The Labute approximate surface area is 180 Å². The number of aromatic nitrogens is 1. The predicted octanol–water partition coefficient (Wildman–Crippen LogP) is 7.59. The molecule has 2 nitrogen and oxygen atoms in total. The number of hydrogen-bond acceptors (Lipinski definition) is 1. The van der Waals surface area contributed by atoms with Crippen LogP contribution in [0.15, 0.2) is 84.9 Å². The van der Waals surface area contributed by atoms with Crippen LogP contribution in [0.5, 0.6) is 0 Å². The van der Waals surface area contributed by atoms with Gasteiger partial charge in [-0.15, -0.1) is 0 Å². The minimum Gasteiger partial charge on any atom is -0.312 e. The molecule has 0 fully saturated rings. The van der Waals surface area contributed by atoms with Gasteiger partial charge in [0, 0.05) is 32.8 Å². The van der Waals surface area contributed by atoms with E-state index in [9.17, 15) is 4.79 Å². The van der Waals surface area contributed by atoms with Gasteiger partial charge in [-0.3, -0.25) is 4.79 Å². The molecule has 2 aromatic heterocycles. The van der Waals surface area contributed by atoms with Gasteiger partial charge in [-0.05, 0) is 49.2 Å². The molecule has 0 atom stereocenters. The molecule has 0 amide bonds. The van der Waals surface area contributed by atoms with E-state index in [1.165, 1.54) is 0 Å². The summed E-state index contributed by atoms with van der Waals surface area (Å²) >= 11 is 6.33. The Bertz CT molecular complexity index is 1420. The zero-order valence-electron chi connectivity index (χ0n) is 16.8. The molecular formula is C27H20ClNO. The van der Waals surface area contributed by atoms with E-state index in [-0.39, 0.29) is 5.78 Å². The number of ketones is 1. The van der Waals surface area contributed by atoms with Gasteiger partial charge in [0.1, 0.15) is 0 Å². The van der Waals surface area contributed by atoms with E-state index >= 15 is 0 Å². The van der Waals surface area contributed by atoms with Crippen molar-refractivity contribution in [3.05, 3.63) is 101 Å². The first-order valence-corrected chi connectivity index (χ1v) is 10.3. The first-order chi connectivity index (χ1) is 14.6. The zero-order chi connectivity index (χ0) is 20.8. The topological polar surface area (TPSA) is 21.5 Å². The van der Waals surface area contributed by atoms with E-state index in [0.717, 1.165) is 49.9 Å². The number of fused-ring (bicyclic) bond motifs is 3. The SMILES string of the molecule is CC(=O)c1c(-c2ccccc2)c2c(-c3ccccc3)cc3cc(Cl)ccc3n2c1C. The van der Waals surface area contributed by atoms with Crippen molar-refractivity contribution in [1.82, 2.24) is 4.40 Å². The second-order valence-corrected chi connectivity index (χ2v) is 8.01. The molecule has 0 saturated heterocycles. The Morgan fingerprint density at radius 1 is 0.833 bits per heavy atom. The summed E-state index contributed by atoms with van der Waals surface area (Å²) in [5, 5.41) is 1.74. The fraction of sp³-hybridized carbons (Fsp3) is 0.0741. The summed E-state index contributed by atoms with van der Waals surface area (Å²) in [6.45, 7) is 3.68. The molecular weight excluding hydrogens is 390 g/mol. The summed E-state index contributed by atoms with van der Waals surface area (Å²) in [4.78, 5) is 12.8. The number of halogens is 1. The number of pyridine rings is 1. The number of rotatable bonds is 3. The van der Waals surface area contributed by atoms with Crippen molar-refractivity contribution < 1.29 is 4.79 Å². The van der Waals surface area contributed by atoms with Gasteiger partial charge in [0.15, 0.2) is 5.78 Å². The van der Waals surface area contributed by atoms with Crippen LogP contribution in [0.4, 0.5) is 0 Å². The lowest BCUT2D eigenvalue weighted by molar-refractivity contribution is 0.101. The number of nitrogens with zero attached hydrogens (tertiary/aromatic N) is 1. The van der Waals surface area contributed by atoms with Crippen molar-refractivity contribution in [3.63, 3.8) is 0 Å². The lowest BCUT2D eigenvalue weighted by Gasteiger charge is -2.13. The third-order valence-corrected chi connectivity index (χ3v) is 5.93. The Balaban J connectivity index is 2.07. The van der Waals surface area contributed by atoms with Crippen LogP contribution < -0.4 is 0 Å². The molecule has 0 aliphatic rings. The quantitative estimate of drug-likeness (QED) is 0.281. The van der Waals surface area contributed by atoms with Gasteiger partial charge in [0.2, 0.25) is 0 Å². The van der Waals surface area contributed by atoms with Gasteiger partial charge >= 0.3 is 0 Å². The number of hydrogen-bond donors (Lipinski definition) is 0. The van der Waals surface area contributed by atoms with E-state index < -0.39 is 0 Å². The maximum absolute atomic E-state index is 12.8. The maximum Gasteiger partial charge on any atom is 0.162 e. The maximum atomic E-state index is 12.8. The second-order valence-electron chi connectivity index (χ2n) is 7.57. The van der Waals surface area contributed by atoms with E-state index in [2.05, 4.69) is 34.7 Å². The Morgan fingerprint density at radius 3 is 2.10 bits per heavy atom. The molecule has 0 saturated carbocycles. The first-order valence-electron chi connectivity index (χ1n) is 9.95. The van der Waals surface area contributed by atoms with Crippen molar-refractivity contribution >= 4 is 33.8 Å². The largest absolute Gasteiger partial charge is 0.312 e. The average molecular weight is 410 g/mol. The molecule has 0 unspecified atom stereocenters. The molecule has 30 heavy (non-hydrogen) atoms. The molecule has 5 aromatic rings. The number of Topliss-reactive ketones (excluding diaryl/α,β-unsaturated/α-hetero) is 1. The van der Waals surface area contributed by atoms with Crippen molar-refractivity contribution in [1.29, 1.82) is 0 Å². The van der Waals surface area contributed by atoms with Gasteiger partial charge < -0.3 is 4.40 Å². The minimum atomic E-state index is 0.0659. The van der Waals surface area contributed by atoms with Crippen LogP contribution in [0.3, 0.4) is 0 Å². The third-order valence-electron chi connectivity index (χ3n) is 5.69. The lowest BCUT2D eigenvalue weighted by atomic mass is 9.95. The Hall–Kier alpha value is -3.36. The van der Waals surface area contributed by atoms with Crippen molar-refractivity contribution in [2.45, 2.75) is 13.8 Å². The Morgan fingerprint density at radius 2 is 1.47 bits per heavy atom. The normalized spacial score (nSPS) is 11.3. The summed E-state index contributed by atoms with van der Waals surface area (Å²) in [5.41, 5.74) is 8.01. The number of aryl methyl sites for hydroxylation is 1. The van der Waals surface area contributed by atoms with Crippen LogP contribution in [0.25, 0.3) is 38.7 Å². The van der Waals surface area contributed by atoms with Gasteiger partial charge in [0.05, 0.1) is 11.0 Å². The van der Waals surface area contributed by atoms with Gasteiger partial charge in [-0.25, -0.2) is 0 Å². The summed E-state index contributed by atoms with van der Waals surface area (Å²) < 4.78 is 2.22. The highest BCUT2D eigenvalue weighted by Crippen LogP contribution is 2.41. The van der Waals surface area contributed by atoms with Gasteiger partial charge in [-0.2, -0.15) is 0 Å². The standard InChI is InChI=1S/C27H20ClNO/c1-17-25(18(2)30)26(20-11-7-4-8-12-20)27-23(19-9-5-3-6-10-19)16-21-15-22(28)13-14-24(21)29(17)27/h3-16H,1-2H3. The number of carbonyl (C=O) groups is 1. The molecule has 5 rings (SSSR count). The number of carbonyl (C=O) groups excluding carboxylic acids is 1. The van der Waals surface area contributed by atoms with Gasteiger partial charge in [0.25, 0.3) is 0 Å². The third kappa shape index (κ3) is 2.84. The predicted molar refractivity (Wildman–Crippen MR) is 126 cm³/mol. The second kappa shape index (κ2) is 7.16. The fourth-order valence-electron chi connectivity index (χ4n) is 4.47. The molecule has 0 bridgehead atoms. The van der Waals surface area contributed by atoms with Crippen molar-refractivity contribution in [2.75, 3.05) is 0 Å². The lowest BCUT2D eigenvalue weighted by Crippen LogP contribution is -1.97. The smallest absolute Gasteiger partial charge is 0.162 e. The van der Waals surface area contributed by atoms with Crippen LogP contribution in [-0.4, -0.2) is 10.2 Å². The first kappa shape index (κ1) is 18.7. The van der Waals surface area contributed by atoms with Gasteiger partial charge in [-0.1, -0.05) is 72.3 Å². The molecule has 146 valence electrons. The molecule has 0 aliphatic carbocycles. The van der Waals surface area contributed by atoms with Crippen LogP contribution in [0, 0.1) is 6.92 Å². The Kier molecular flexibility index (Phi) is 4.45. The fourth-order valence-corrected chi connectivity index (χ4v) is 4.65. The highest BCUT2D eigenvalue weighted by Gasteiger charge is 2.24. The average Bonchev–Trinajstić information content (AvgIpc) is 3.08. The highest BCUT2D eigenvalue weighted by molar-refractivity contribution is 6.31. The molecule has 3 aromatic carbocycles. The minimum absolute atomic E-state index is 0.0659. The molecule has 0 aliphatic heterocycles. The zero-order valence-corrected chi connectivity index (χ0v) is 17.6. The number of benzene rings is 3. The highest BCUT2D eigenvalue weighted by atomic mass is 35.5. The van der Waals surface area contributed by atoms with Crippen molar-refractivity contribution in [2.24, 2.45) is 0 Å². The van der Waals surface area contributed by atoms with Crippen molar-refractivity contribution in [3.8, 4) is 22.3 Å². The van der Waals surface area contributed by atoms with Crippen LogP contribution in [0.2, 0.25) is 5.02 Å². The molecule has 0 spiro atoms. The summed E-state index contributed by atoms with van der Waals surface area (Å²) in [6.07, 6.45) is 0. The summed E-state index contributed by atoms with van der Waals surface area (Å²) in [6, 6.07) is 28.6. The summed E-state index contributed by atoms with van der Waals surface area (Å²) in [5.74, 6) is 0.0659. The molecule has 0 radical (unpaired) electrons. The molecule has 0 N–H and O–H groups in total. The van der Waals surface area contributed by atoms with Crippen LogP contribution in [0.1, 0.15) is 23.0 Å². The van der Waals surface area contributed by atoms with E-state index in [0.29, 0.717) is 5.02 Å². The van der Waals surface area contributed by atoms with Crippen LogP contribution >= 0.6 is 11.6 Å².